The second-order valence-electron chi connectivity index (χ2n) is 14.1. The molecule has 2 saturated heterocycles. The van der Waals surface area contributed by atoms with E-state index in [2.05, 4.69) is 21.7 Å². The standard InChI is InChI=1S/C32H39FN6O6/c1-31(8-4-3-5-9-31)25(36-30(43)44-2)28(41)38-15-20-17-11-19(21(33)12-17)23(20)24(38)27(40)39-16-32(13-18(39)14-34)29(42)37-26-22(45-32)7-6-10-35-26/h6-7,10,17-21,23-25H,3-5,8-9,11-13,15-16H2,1-2H3,(H,36,43)(H,35,37,42)/t17-,18-,19+,20+,21+,23-,24-,25?,32+/m0/s1. The van der Waals surface area contributed by atoms with Crippen LogP contribution in [-0.2, 0) is 19.1 Å². The molecule has 1 aromatic heterocycles. The molecule has 45 heavy (non-hydrogen) atoms. The summed E-state index contributed by atoms with van der Waals surface area (Å²) in [6.07, 6.45) is 5.01. The Hall–Kier alpha value is -3.95. The van der Waals surface area contributed by atoms with Crippen molar-refractivity contribution in [2.45, 2.75) is 88.2 Å². The van der Waals surface area contributed by atoms with Crippen molar-refractivity contribution in [3.63, 3.8) is 0 Å². The maximum absolute atomic E-state index is 15.3. The fourth-order valence-electron chi connectivity index (χ4n) is 9.45. The first-order valence-corrected chi connectivity index (χ1v) is 16.0. The lowest BCUT2D eigenvalue weighted by Crippen LogP contribution is -2.61. The molecule has 13 heteroatoms. The molecule has 2 N–H and O–H groups in total. The van der Waals surface area contributed by atoms with Crippen LogP contribution in [0.5, 0.6) is 5.75 Å². The number of hydrogen-bond acceptors (Lipinski definition) is 8. The average molecular weight is 623 g/mol. The van der Waals surface area contributed by atoms with Crippen LogP contribution in [0.2, 0.25) is 0 Å². The number of rotatable bonds is 4. The van der Waals surface area contributed by atoms with E-state index >= 15 is 4.39 Å². The van der Waals surface area contributed by atoms with Crippen molar-refractivity contribution >= 4 is 29.6 Å². The summed E-state index contributed by atoms with van der Waals surface area (Å²) in [7, 11) is 1.24. The van der Waals surface area contributed by atoms with Crippen LogP contribution in [0.4, 0.5) is 15.0 Å². The van der Waals surface area contributed by atoms with E-state index in [1.54, 1.807) is 17.0 Å². The van der Waals surface area contributed by atoms with Gasteiger partial charge in [-0.2, -0.15) is 5.26 Å². The van der Waals surface area contributed by atoms with Crippen molar-refractivity contribution in [1.29, 1.82) is 5.26 Å². The van der Waals surface area contributed by atoms with Crippen molar-refractivity contribution in [1.82, 2.24) is 20.1 Å². The second kappa shape index (κ2) is 10.8. The molecule has 7 rings (SSSR count). The number of nitriles is 1. The van der Waals surface area contributed by atoms with Crippen LogP contribution in [-0.4, -0.2) is 88.7 Å². The Morgan fingerprint density at radius 2 is 2.00 bits per heavy atom. The third-order valence-corrected chi connectivity index (χ3v) is 11.7. The van der Waals surface area contributed by atoms with E-state index in [1.807, 2.05) is 6.92 Å². The summed E-state index contributed by atoms with van der Waals surface area (Å²) in [6.45, 7) is 2.06. The summed E-state index contributed by atoms with van der Waals surface area (Å²) in [5.41, 5.74) is -2.07. The van der Waals surface area contributed by atoms with E-state index in [0.717, 1.165) is 32.1 Å². The summed E-state index contributed by atoms with van der Waals surface area (Å²) in [4.78, 5) is 62.4. The number of halogens is 1. The summed E-state index contributed by atoms with van der Waals surface area (Å²) >= 11 is 0. The van der Waals surface area contributed by atoms with E-state index in [0.29, 0.717) is 18.6 Å². The molecule has 3 saturated carbocycles. The lowest BCUT2D eigenvalue weighted by Gasteiger charge is -2.43. The maximum atomic E-state index is 15.3. The average Bonchev–Trinajstić information content (AvgIpc) is 3.79. The van der Waals surface area contributed by atoms with Gasteiger partial charge >= 0.3 is 6.09 Å². The van der Waals surface area contributed by atoms with Crippen molar-refractivity contribution in [2.24, 2.45) is 29.1 Å². The third-order valence-electron chi connectivity index (χ3n) is 11.7. The first-order valence-electron chi connectivity index (χ1n) is 16.0. The fourth-order valence-corrected chi connectivity index (χ4v) is 9.45. The third kappa shape index (κ3) is 4.62. The van der Waals surface area contributed by atoms with Gasteiger partial charge in [-0.1, -0.05) is 26.2 Å². The number of hydrogen-bond donors (Lipinski definition) is 2. The predicted octanol–water partition coefficient (Wildman–Crippen LogP) is 2.79. The molecule has 2 bridgehead atoms. The van der Waals surface area contributed by atoms with Gasteiger partial charge in [0.2, 0.25) is 17.4 Å². The van der Waals surface area contributed by atoms with E-state index in [4.69, 9.17) is 9.47 Å². The molecule has 1 spiro atoms. The van der Waals surface area contributed by atoms with E-state index in [-0.39, 0.29) is 49.0 Å². The van der Waals surface area contributed by atoms with Crippen LogP contribution < -0.4 is 15.4 Å². The minimum atomic E-state index is -1.51. The summed E-state index contributed by atoms with van der Waals surface area (Å²) in [5, 5.41) is 15.7. The Kier molecular flexibility index (Phi) is 7.17. The molecule has 1 aromatic rings. The van der Waals surface area contributed by atoms with Gasteiger partial charge in [0, 0.05) is 19.2 Å². The van der Waals surface area contributed by atoms with Crippen LogP contribution in [0.1, 0.15) is 58.3 Å². The molecule has 1 unspecified atom stereocenters. The molecule has 4 amide bonds. The molecule has 240 valence electrons. The topological polar surface area (TPSA) is 154 Å². The molecule has 3 aliphatic carbocycles. The number of amides is 4. The van der Waals surface area contributed by atoms with E-state index in [9.17, 15) is 24.4 Å². The molecular formula is C32H39FN6O6. The number of carbonyl (C=O) groups is 4. The van der Waals surface area contributed by atoms with Crippen molar-refractivity contribution in [3.8, 4) is 11.8 Å². The van der Waals surface area contributed by atoms with Gasteiger partial charge in [-0.15, -0.1) is 0 Å². The van der Waals surface area contributed by atoms with Crippen molar-refractivity contribution in [3.05, 3.63) is 18.3 Å². The van der Waals surface area contributed by atoms with Crippen LogP contribution in [0.15, 0.2) is 18.3 Å². The highest BCUT2D eigenvalue weighted by atomic mass is 19.1. The van der Waals surface area contributed by atoms with Crippen LogP contribution in [0.3, 0.4) is 0 Å². The molecule has 5 fully saturated rings. The fraction of sp³-hybridized carbons (Fsp3) is 0.688. The number of ether oxygens (including phenoxy) is 2. The zero-order valence-corrected chi connectivity index (χ0v) is 25.5. The number of alkyl carbamates (subject to hydrolysis) is 1. The number of pyridine rings is 1. The Bertz CT molecular complexity index is 1460. The monoisotopic (exact) mass is 622 g/mol. The highest BCUT2D eigenvalue weighted by molar-refractivity contribution is 6.01. The first-order chi connectivity index (χ1) is 21.6. The molecule has 4 heterocycles. The van der Waals surface area contributed by atoms with Gasteiger partial charge in [-0.05, 0) is 66.9 Å². The summed E-state index contributed by atoms with van der Waals surface area (Å²) in [6, 6.07) is 2.53. The number of aromatic nitrogens is 1. The van der Waals surface area contributed by atoms with Gasteiger partial charge in [0.25, 0.3) is 5.91 Å². The number of methoxy groups -OCH3 is 1. The number of likely N-dealkylation sites (tertiary alicyclic amines) is 2. The molecule has 3 aliphatic heterocycles. The zero-order valence-electron chi connectivity index (χ0n) is 25.5. The quantitative estimate of drug-likeness (QED) is 0.520. The molecule has 6 aliphatic rings. The Labute approximate surface area is 261 Å². The van der Waals surface area contributed by atoms with Gasteiger partial charge < -0.3 is 29.9 Å². The molecular weight excluding hydrogens is 583 g/mol. The van der Waals surface area contributed by atoms with Crippen LogP contribution >= 0.6 is 0 Å². The van der Waals surface area contributed by atoms with Crippen LogP contribution in [0.25, 0.3) is 0 Å². The SMILES string of the molecule is COC(=O)NC(C(=O)N1C[C@@H]2[C@H]3C[C@@H]([C@@H]2[C@H]1C(=O)N1C[C@@]2(C[C@H]1C#N)Oc1cccnc1NC2=O)[C@H](F)C3)C1(C)CCCCC1. The molecule has 0 aromatic carbocycles. The largest absolute Gasteiger partial charge is 0.472 e. The van der Waals surface area contributed by atoms with E-state index in [1.165, 1.54) is 18.2 Å². The first kappa shape index (κ1) is 29.7. The number of nitrogens with zero attached hydrogens (tertiary/aromatic N) is 4. The van der Waals surface area contributed by atoms with Gasteiger partial charge in [0.15, 0.2) is 11.6 Å². The van der Waals surface area contributed by atoms with Gasteiger partial charge in [-0.3, -0.25) is 14.4 Å². The highest BCUT2D eigenvalue weighted by Crippen LogP contribution is 2.59. The Morgan fingerprint density at radius 3 is 2.73 bits per heavy atom. The Morgan fingerprint density at radius 1 is 1.22 bits per heavy atom. The lowest BCUT2D eigenvalue weighted by atomic mass is 9.70. The molecule has 9 atom stereocenters. The number of anilines is 1. The predicted molar refractivity (Wildman–Crippen MR) is 156 cm³/mol. The van der Waals surface area contributed by atoms with Gasteiger partial charge in [-0.25, -0.2) is 14.2 Å². The number of nitrogens with one attached hydrogen (secondary N) is 2. The summed E-state index contributed by atoms with van der Waals surface area (Å²) in [5.74, 6) is -1.60. The Balaban J connectivity index is 1.23. The molecule has 12 nitrogen and oxygen atoms in total. The summed E-state index contributed by atoms with van der Waals surface area (Å²) < 4.78 is 26.4. The number of alkyl halides is 1. The number of carbonyl (C=O) groups excluding carboxylic acids is 4. The van der Waals surface area contributed by atoms with Gasteiger partial charge in [0.05, 0.1) is 19.7 Å². The highest BCUT2D eigenvalue weighted by Gasteiger charge is 2.65. The van der Waals surface area contributed by atoms with E-state index < -0.39 is 59.1 Å². The minimum absolute atomic E-state index is 0.0496. The van der Waals surface area contributed by atoms with Crippen molar-refractivity contribution in [2.75, 3.05) is 25.5 Å². The van der Waals surface area contributed by atoms with Crippen molar-refractivity contribution < 1.29 is 33.0 Å². The molecule has 0 radical (unpaired) electrons. The second-order valence-corrected chi connectivity index (χ2v) is 14.1. The maximum Gasteiger partial charge on any atom is 0.407 e. The number of fused-ring (bicyclic) bond motifs is 6. The minimum Gasteiger partial charge on any atom is -0.472 e. The smallest absolute Gasteiger partial charge is 0.407 e. The van der Waals surface area contributed by atoms with Gasteiger partial charge in [0.1, 0.15) is 24.3 Å². The normalized spacial score (nSPS) is 36.4. The zero-order chi connectivity index (χ0) is 31.7. The lowest BCUT2D eigenvalue weighted by molar-refractivity contribution is -0.149. The van der Waals surface area contributed by atoms with Crippen LogP contribution in [0, 0.1) is 40.4 Å².